The molecule has 0 aromatic rings. The van der Waals surface area contributed by atoms with Crippen LogP contribution in [-0.4, -0.2) is 28.8 Å². The summed E-state index contributed by atoms with van der Waals surface area (Å²) in [4.78, 5) is 35.3. The molecule has 5 heteroatoms. The molecule has 1 unspecified atom stereocenters. The molecular formula is C11H16N2O3. The van der Waals surface area contributed by atoms with Crippen LogP contribution in [0.1, 0.15) is 32.6 Å². The summed E-state index contributed by atoms with van der Waals surface area (Å²) in [7, 11) is 0. The molecule has 0 spiro atoms. The maximum atomic E-state index is 11.6. The Hall–Kier alpha value is -1.65. The molecule has 0 radical (unpaired) electrons. The van der Waals surface area contributed by atoms with Gasteiger partial charge in [0.1, 0.15) is 6.42 Å². The van der Waals surface area contributed by atoms with Crippen molar-refractivity contribution in [2.24, 2.45) is 0 Å². The first-order valence-electron chi connectivity index (χ1n) is 5.36. The van der Waals surface area contributed by atoms with E-state index in [-0.39, 0.29) is 12.5 Å². The van der Waals surface area contributed by atoms with Gasteiger partial charge >= 0.3 is 6.03 Å². The summed E-state index contributed by atoms with van der Waals surface area (Å²) in [6.07, 6.45) is 3.57. The first kappa shape index (κ1) is 12.4. The zero-order valence-electron chi connectivity index (χ0n) is 9.36. The minimum Gasteiger partial charge on any atom is -0.277 e. The molecule has 1 aliphatic heterocycles. The number of barbiturate groups is 1. The van der Waals surface area contributed by atoms with E-state index in [1.165, 1.54) is 0 Å². The van der Waals surface area contributed by atoms with Crippen LogP contribution in [0.2, 0.25) is 0 Å². The molecule has 1 rings (SSSR count). The molecule has 5 nitrogen and oxygen atoms in total. The molecule has 0 bridgehead atoms. The molecule has 1 aliphatic rings. The van der Waals surface area contributed by atoms with Crippen molar-refractivity contribution >= 4 is 17.8 Å². The second kappa shape index (κ2) is 5.44. The van der Waals surface area contributed by atoms with Crippen molar-refractivity contribution in [3.8, 4) is 0 Å². The maximum Gasteiger partial charge on any atom is 0.331 e. The lowest BCUT2D eigenvalue weighted by Crippen LogP contribution is -2.56. The van der Waals surface area contributed by atoms with Crippen LogP contribution < -0.4 is 5.32 Å². The van der Waals surface area contributed by atoms with Crippen molar-refractivity contribution in [2.75, 3.05) is 0 Å². The zero-order chi connectivity index (χ0) is 12.1. The standard InChI is InChI=1S/C11H16N2O3/c1-3-5-8(6-4-2)13-10(15)7-9(14)12-11(13)16/h3,8H,1,4-7H2,2H3,(H,12,14,16). The summed E-state index contributed by atoms with van der Waals surface area (Å²) >= 11 is 0. The van der Waals surface area contributed by atoms with Crippen molar-refractivity contribution in [2.45, 2.75) is 38.6 Å². The van der Waals surface area contributed by atoms with Gasteiger partial charge in [-0.25, -0.2) is 4.79 Å². The highest BCUT2D eigenvalue weighted by atomic mass is 16.2. The predicted molar refractivity (Wildman–Crippen MR) is 58.5 cm³/mol. The van der Waals surface area contributed by atoms with Crippen LogP contribution in [0.25, 0.3) is 0 Å². The van der Waals surface area contributed by atoms with Gasteiger partial charge in [-0.15, -0.1) is 6.58 Å². The fourth-order valence-corrected chi connectivity index (χ4v) is 1.81. The number of carbonyl (C=O) groups excluding carboxylic acids is 3. The highest BCUT2D eigenvalue weighted by Crippen LogP contribution is 2.16. The molecule has 4 amide bonds. The van der Waals surface area contributed by atoms with Crippen LogP contribution in [-0.2, 0) is 9.59 Å². The van der Waals surface area contributed by atoms with Crippen LogP contribution in [0, 0.1) is 0 Å². The fraction of sp³-hybridized carbons (Fsp3) is 0.545. The first-order valence-corrected chi connectivity index (χ1v) is 5.36. The minimum absolute atomic E-state index is 0.192. The number of nitrogens with zero attached hydrogens (tertiary/aromatic N) is 1. The third kappa shape index (κ3) is 2.68. The predicted octanol–water partition coefficient (Wildman–Crippen LogP) is 1.20. The number of urea groups is 1. The number of carbonyl (C=O) groups is 3. The molecule has 0 aromatic heterocycles. The Kier molecular flexibility index (Phi) is 4.22. The lowest BCUT2D eigenvalue weighted by Gasteiger charge is -2.31. The number of amides is 4. The lowest BCUT2D eigenvalue weighted by atomic mass is 10.1. The van der Waals surface area contributed by atoms with Crippen molar-refractivity contribution in [3.63, 3.8) is 0 Å². The molecule has 1 atom stereocenters. The lowest BCUT2D eigenvalue weighted by molar-refractivity contribution is -0.137. The van der Waals surface area contributed by atoms with E-state index in [4.69, 9.17) is 0 Å². The van der Waals surface area contributed by atoms with Gasteiger partial charge in [0.2, 0.25) is 11.8 Å². The Morgan fingerprint density at radius 2 is 2.19 bits per heavy atom. The van der Waals surface area contributed by atoms with Crippen LogP contribution in [0.3, 0.4) is 0 Å². The van der Waals surface area contributed by atoms with Gasteiger partial charge in [-0.05, 0) is 12.8 Å². The van der Waals surface area contributed by atoms with E-state index >= 15 is 0 Å². The second-order valence-electron chi connectivity index (χ2n) is 3.76. The summed E-state index contributed by atoms with van der Waals surface area (Å²) < 4.78 is 0. The van der Waals surface area contributed by atoms with Gasteiger partial charge in [-0.3, -0.25) is 19.8 Å². The van der Waals surface area contributed by atoms with Crippen LogP contribution in [0.15, 0.2) is 12.7 Å². The van der Waals surface area contributed by atoms with Crippen molar-refractivity contribution in [1.29, 1.82) is 0 Å². The van der Waals surface area contributed by atoms with Crippen LogP contribution in [0.4, 0.5) is 4.79 Å². The minimum atomic E-state index is -0.610. The Labute approximate surface area is 94.5 Å². The normalized spacial score (nSPS) is 18.3. The number of imide groups is 2. The second-order valence-corrected chi connectivity index (χ2v) is 3.76. The molecule has 16 heavy (non-hydrogen) atoms. The summed E-state index contributed by atoms with van der Waals surface area (Å²) in [6.45, 7) is 5.59. The topological polar surface area (TPSA) is 66.5 Å². The summed E-state index contributed by atoms with van der Waals surface area (Å²) in [5.41, 5.74) is 0. The largest absolute Gasteiger partial charge is 0.331 e. The third-order valence-electron chi connectivity index (χ3n) is 2.47. The molecule has 0 aliphatic carbocycles. The van der Waals surface area contributed by atoms with E-state index in [1.807, 2.05) is 6.92 Å². The maximum absolute atomic E-state index is 11.6. The average molecular weight is 224 g/mol. The third-order valence-corrected chi connectivity index (χ3v) is 2.47. The zero-order valence-corrected chi connectivity index (χ0v) is 9.36. The SMILES string of the molecule is C=CCC(CCC)N1C(=O)CC(=O)NC1=O. The van der Waals surface area contributed by atoms with Gasteiger partial charge in [-0.2, -0.15) is 0 Å². The van der Waals surface area contributed by atoms with E-state index in [0.717, 1.165) is 17.7 Å². The van der Waals surface area contributed by atoms with Gasteiger partial charge in [0.05, 0.1) is 0 Å². The van der Waals surface area contributed by atoms with Crippen molar-refractivity contribution in [1.82, 2.24) is 10.2 Å². The average Bonchev–Trinajstić information content (AvgIpc) is 2.16. The molecule has 1 heterocycles. The van der Waals surface area contributed by atoms with Gasteiger partial charge in [0, 0.05) is 6.04 Å². The van der Waals surface area contributed by atoms with Crippen LogP contribution in [0.5, 0.6) is 0 Å². The smallest absolute Gasteiger partial charge is 0.277 e. The van der Waals surface area contributed by atoms with Crippen molar-refractivity contribution < 1.29 is 14.4 Å². The van der Waals surface area contributed by atoms with E-state index < -0.39 is 17.8 Å². The van der Waals surface area contributed by atoms with Gasteiger partial charge in [0.25, 0.3) is 0 Å². The Morgan fingerprint density at radius 3 is 2.69 bits per heavy atom. The number of hydrogen-bond acceptors (Lipinski definition) is 3. The Morgan fingerprint density at radius 1 is 1.50 bits per heavy atom. The highest BCUT2D eigenvalue weighted by molar-refractivity contribution is 6.14. The fourth-order valence-electron chi connectivity index (χ4n) is 1.81. The van der Waals surface area contributed by atoms with Crippen LogP contribution >= 0.6 is 0 Å². The number of rotatable bonds is 5. The quantitative estimate of drug-likeness (QED) is 0.563. The molecule has 0 saturated carbocycles. The van der Waals surface area contributed by atoms with E-state index in [9.17, 15) is 14.4 Å². The van der Waals surface area contributed by atoms with E-state index in [0.29, 0.717) is 6.42 Å². The first-order chi connectivity index (χ1) is 7.60. The Bertz CT molecular complexity index is 305. The van der Waals surface area contributed by atoms with Gasteiger partial charge in [0.15, 0.2) is 0 Å². The number of hydrogen-bond donors (Lipinski definition) is 1. The van der Waals surface area contributed by atoms with Gasteiger partial charge in [-0.1, -0.05) is 19.4 Å². The molecule has 1 saturated heterocycles. The van der Waals surface area contributed by atoms with E-state index in [2.05, 4.69) is 11.9 Å². The van der Waals surface area contributed by atoms with Gasteiger partial charge < -0.3 is 0 Å². The summed E-state index contributed by atoms with van der Waals surface area (Å²) in [5, 5.41) is 2.15. The number of nitrogens with one attached hydrogen (secondary N) is 1. The highest BCUT2D eigenvalue weighted by Gasteiger charge is 2.34. The molecular weight excluding hydrogens is 208 g/mol. The molecule has 1 fully saturated rings. The van der Waals surface area contributed by atoms with E-state index in [1.54, 1.807) is 6.08 Å². The monoisotopic (exact) mass is 224 g/mol. The Balaban J connectivity index is 2.81. The summed E-state index contributed by atoms with van der Waals surface area (Å²) in [5.74, 6) is -0.950. The molecule has 0 aromatic carbocycles. The summed E-state index contributed by atoms with van der Waals surface area (Å²) in [6, 6.07) is -0.801. The molecule has 1 N–H and O–H groups in total. The van der Waals surface area contributed by atoms with Crippen molar-refractivity contribution in [3.05, 3.63) is 12.7 Å². The molecule has 88 valence electrons.